The van der Waals surface area contributed by atoms with E-state index in [4.69, 9.17) is 0 Å². The molecule has 0 bridgehead atoms. The summed E-state index contributed by atoms with van der Waals surface area (Å²) < 4.78 is 0. The van der Waals surface area contributed by atoms with Gasteiger partial charge in [0.2, 0.25) is 0 Å². The van der Waals surface area contributed by atoms with Crippen molar-refractivity contribution in [2.24, 2.45) is 0 Å². The zero-order valence-corrected chi connectivity index (χ0v) is 11.9. The molecular formula is C15H23N3O. The van der Waals surface area contributed by atoms with Gasteiger partial charge in [0.1, 0.15) is 5.82 Å². The molecule has 1 aliphatic rings. The normalized spacial score (nSPS) is 16.1. The number of aromatic nitrogens is 1. The highest BCUT2D eigenvalue weighted by Gasteiger charge is 2.23. The summed E-state index contributed by atoms with van der Waals surface area (Å²) in [5, 5.41) is 3.14. The Bertz CT molecular complexity index is 427. The number of pyridine rings is 1. The lowest BCUT2D eigenvalue weighted by Gasteiger charge is -2.31. The molecule has 2 rings (SSSR count). The molecule has 19 heavy (non-hydrogen) atoms. The fourth-order valence-corrected chi connectivity index (χ4v) is 2.68. The Hall–Kier alpha value is -1.58. The number of nitrogens with one attached hydrogen (secondary N) is 1. The molecule has 0 aromatic carbocycles. The lowest BCUT2D eigenvalue weighted by atomic mass is 9.94. The molecule has 0 atom stereocenters. The number of rotatable bonds is 4. The van der Waals surface area contributed by atoms with E-state index in [0.29, 0.717) is 6.04 Å². The van der Waals surface area contributed by atoms with E-state index < -0.39 is 0 Å². The monoisotopic (exact) mass is 261 g/mol. The molecule has 1 heterocycles. The first-order valence-corrected chi connectivity index (χ1v) is 7.19. The first-order chi connectivity index (χ1) is 9.22. The highest BCUT2D eigenvalue weighted by atomic mass is 16.2. The summed E-state index contributed by atoms with van der Waals surface area (Å²) in [5.74, 6) is 0.874. The van der Waals surface area contributed by atoms with Crippen LogP contribution in [0.3, 0.4) is 0 Å². The smallest absolute Gasteiger partial charge is 0.254 e. The van der Waals surface area contributed by atoms with E-state index in [0.717, 1.165) is 30.8 Å². The number of carbonyl (C=O) groups is 1. The topological polar surface area (TPSA) is 45.2 Å². The second kappa shape index (κ2) is 6.55. The van der Waals surface area contributed by atoms with Gasteiger partial charge in [-0.1, -0.05) is 19.3 Å². The number of carbonyl (C=O) groups excluding carboxylic acids is 1. The fraction of sp³-hybridized carbons (Fsp3) is 0.600. The highest BCUT2D eigenvalue weighted by Crippen LogP contribution is 2.23. The summed E-state index contributed by atoms with van der Waals surface area (Å²) in [6, 6.07) is 4.03. The zero-order valence-electron chi connectivity index (χ0n) is 11.9. The van der Waals surface area contributed by atoms with Gasteiger partial charge < -0.3 is 10.2 Å². The second-order valence-electron chi connectivity index (χ2n) is 5.17. The number of hydrogen-bond donors (Lipinski definition) is 1. The van der Waals surface area contributed by atoms with Crippen LogP contribution in [-0.2, 0) is 0 Å². The Morgan fingerprint density at radius 2 is 2.16 bits per heavy atom. The van der Waals surface area contributed by atoms with Crippen molar-refractivity contribution in [2.45, 2.75) is 45.1 Å². The summed E-state index contributed by atoms with van der Waals surface area (Å²) >= 11 is 0. The molecule has 0 saturated heterocycles. The quantitative estimate of drug-likeness (QED) is 0.906. The summed E-state index contributed by atoms with van der Waals surface area (Å²) in [7, 11) is 1.92. The van der Waals surface area contributed by atoms with Crippen molar-refractivity contribution < 1.29 is 4.79 Å². The molecule has 0 unspecified atom stereocenters. The van der Waals surface area contributed by atoms with Crippen LogP contribution < -0.4 is 5.32 Å². The minimum Gasteiger partial charge on any atom is -0.370 e. The van der Waals surface area contributed by atoms with Crippen molar-refractivity contribution in [2.75, 3.05) is 18.9 Å². The summed E-state index contributed by atoms with van der Waals surface area (Å²) in [5.41, 5.74) is 0.721. The van der Waals surface area contributed by atoms with Gasteiger partial charge in [-0.25, -0.2) is 4.98 Å². The van der Waals surface area contributed by atoms with Crippen LogP contribution in [0.15, 0.2) is 18.3 Å². The van der Waals surface area contributed by atoms with E-state index in [1.165, 1.54) is 19.3 Å². The maximum atomic E-state index is 12.5. The minimum absolute atomic E-state index is 0.105. The van der Waals surface area contributed by atoms with Crippen molar-refractivity contribution in [3.63, 3.8) is 0 Å². The maximum Gasteiger partial charge on any atom is 0.254 e. The van der Waals surface area contributed by atoms with E-state index in [9.17, 15) is 4.79 Å². The Balaban J connectivity index is 2.07. The van der Waals surface area contributed by atoms with Gasteiger partial charge >= 0.3 is 0 Å². The third kappa shape index (κ3) is 3.46. The molecule has 104 valence electrons. The number of nitrogens with zero attached hydrogens (tertiary/aromatic N) is 2. The lowest BCUT2D eigenvalue weighted by Crippen LogP contribution is -2.38. The number of anilines is 1. The number of hydrogen-bond acceptors (Lipinski definition) is 3. The maximum absolute atomic E-state index is 12.5. The van der Waals surface area contributed by atoms with Gasteiger partial charge in [-0.15, -0.1) is 0 Å². The number of amides is 1. The van der Waals surface area contributed by atoms with Crippen LogP contribution >= 0.6 is 0 Å². The molecule has 4 nitrogen and oxygen atoms in total. The zero-order chi connectivity index (χ0) is 13.7. The largest absolute Gasteiger partial charge is 0.370 e. The van der Waals surface area contributed by atoms with E-state index >= 15 is 0 Å². The van der Waals surface area contributed by atoms with Gasteiger partial charge in [0.05, 0.1) is 0 Å². The first-order valence-electron chi connectivity index (χ1n) is 7.19. The molecule has 1 N–H and O–H groups in total. The van der Waals surface area contributed by atoms with Gasteiger partial charge in [-0.3, -0.25) is 4.79 Å². The molecule has 1 amide bonds. The average Bonchev–Trinajstić information content (AvgIpc) is 2.47. The van der Waals surface area contributed by atoms with Crippen LogP contribution in [0.5, 0.6) is 0 Å². The van der Waals surface area contributed by atoms with E-state index in [-0.39, 0.29) is 5.91 Å². The Morgan fingerprint density at radius 1 is 1.42 bits per heavy atom. The molecule has 0 spiro atoms. The standard InChI is InChI=1S/C15H23N3O/c1-3-16-14-11-12(9-10-17-14)15(19)18(2)13-7-5-4-6-8-13/h9-11,13H,3-8H2,1-2H3,(H,16,17). The average molecular weight is 261 g/mol. The fourth-order valence-electron chi connectivity index (χ4n) is 2.68. The first kappa shape index (κ1) is 13.8. The van der Waals surface area contributed by atoms with Crippen LogP contribution in [0.1, 0.15) is 49.4 Å². The molecule has 1 aliphatic carbocycles. The van der Waals surface area contributed by atoms with Crippen molar-refractivity contribution in [1.82, 2.24) is 9.88 Å². The molecule has 1 aromatic heterocycles. The summed E-state index contributed by atoms with van der Waals surface area (Å²) in [6.07, 6.45) is 7.74. The van der Waals surface area contributed by atoms with Crippen LogP contribution in [0, 0.1) is 0 Å². The van der Waals surface area contributed by atoms with E-state index in [1.807, 2.05) is 24.9 Å². The molecular weight excluding hydrogens is 238 g/mol. The van der Waals surface area contributed by atoms with Gasteiger partial charge in [-0.2, -0.15) is 0 Å². The molecule has 1 fully saturated rings. The van der Waals surface area contributed by atoms with Crippen LogP contribution in [0.2, 0.25) is 0 Å². The van der Waals surface area contributed by atoms with Crippen LogP contribution in [0.4, 0.5) is 5.82 Å². The molecule has 0 radical (unpaired) electrons. The summed E-state index contributed by atoms with van der Waals surface area (Å²) in [4.78, 5) is 18.6. The van der Waals surface area contributed by atoms with Crippen molar-refractivity contribution in [1.29, 1.82) is 0 Å². The molecule has 0 aliphatic heterocycles. The summed E-state index contributed by atoms with van der Waals surface area (Å²) in [6.45, 7) is 2.83. The SMILES string of the molecule is CCNc1cc(C(=O)N(C)C2CCCCC2)ccn1. The Labute approximate surface area is 115 Å². The Kier molecular flexibility index (Phi) is 4.77. The Morgan fingerprint density at radius 3 is 2.84 bits per heavy atom. The van der Waals surface area contributed by atoms with Crippen molar-refractivity contribution in [3.05, 3.63) is 23.9 Å². The van der Waals surface area contributed by atoms with Crippen LogP contribution in [0.25, 0.3) is 0 Å². The van der Waals surface area contributed by atoms with E-state index in [1.54, 1.807) is 12.3 Å². The second-order valence-corrected chi connectivity index (χ2v) is 5.17. The van der Waals surface area contributed by atoms with Gasteiger partial charge in [0.25, 0.3) is 5.91 Å². The van der Waals surface area contributed by atoms with Gasteiger partial charge in [0.15, 0.2) is 0 Å². The van der Waals surface area contributed by atoms with Crippen molar-refractivity contribution >= 4 is 11.7 Å². The third-order valence-corrected chi connectivity index (χ3v) is 3.81. The third-order valence-electron chi connectivity index (χ3n) is 3.81. The highest BCUT2D eigenvalue weighted by molar-refractivity contribution is 5.94. The molecule has 1 aromatic rings. The lowest BCUT2D eigenvalue weighted by molar-refractivity contribution is 0.0696. The van der Waals surface area contributed by atoms with Gasteiger partial charge in [-0.05, 0) is 31.9 Å². The van der Waals surface area contributed by atoms with Crippen molar-refractivity contribution in [3.8, 4) is 0 Å². The molecule has 1 saturated carbocycles. The minimum atomic E-state index is 0.105. The van der Waals surface area contributed by atoms with Gasteiger partial charge in [0, 0.05) is 31.4 Å². The predicted octanol–water partition coefficient (Wildman–Crippen LogP) is 2.92. The van der Waals surface area contributed by atoms with Crippen LogP contribution in [-0.4, -0.2) is 35.4 Å². The molecule has 4 heteroatoms. The van der Waals surface area contributed by atoms with E-state index in [2.05, 4.69) is 10.3 Å². The predicted molar refractivity (Wildman–Crippen MR) is 77.4 cm³/mol.